The minimum Gasteiger partial charge on any atom is -0.379 e. The molecule has 0 aliphatic heterocycles. The van der Waals surface area contributed by atoms with Crippen molar-refractivity contribution < 1.29 is 13.2 Å². The van der Waals surface area contributed by atoms with Gasteiger partial charge in [-0.25, -0.2) is 4.98 Å². The van der Waals surface area contributed by atoms with Crippen molar-refractivity contribution in [3.05, 3.63) is 40.3 Å². The lowest BCUT2D eigenvalue weighted by Crippen LogP contribution is -2.11. The van der Waals surface area contributed by atoms with Crippen LogP contribution in [0.1, 0.15) is 16.8 Å². The van der Waals surface area contributed by atoms with Gasteiger partial charge in [0.05, 0.1) is 17.3 Å². The molecule has 1 aromatic carbocycles. The molecule has 0 radical (unpaired) electrons. The standard InChI is InChI=1S/C14H15F3N2S2/c1-2-13-19-8-10(21-13)7-18-11-5-3-4-6-12(11)20-9-14(15,16)17/h3-6,8,18H,2,7,9H2,1H3. The molecule has 0 atom stereocenters. The van der Waals surface area contributed by atoms with Crippen LogP contribution in [-0.2, 0) is 13.0 Å². The number of nitrogens with one attached hydrogen (secondary N) is 1. The summed E-state index contributed by atoms with van der Waals surface area (Å²) >= 11 is 2.41. The molecule has 21 heavy (non-hydrogen) atoms. The number of thioether (sulfide) groups is 1. The van der Waals surface area contributed by atoms with Gasteiger partial charge in [0.25, 0.3) is 0 Å². The summed E-state index contributed by atoms with van der Waals surface area (Å²) in [5, 5.41) is 4.25. The Morgan fingerprint density at radius 1 is 1.29 bits per heavy atom. The number of nitrogens with zero attached hydrogens (tertiary/aromatic N) is 1. The zero-order valence-electron chi connectivity index (χ0n) is 11.4. The van der Waals surface area contributed by atoms with Gasteiger partial charge in [0.15, 0.2) is 0 Å². The van der Waals surface area contributed by atoms with Crippen LogP contribution in [0.2, 0.25) is 0 Å². The molecule has 0 aliphatic carbocycles. The van der Waals surface area contributed by atoms with Gasteiger partial charge in [-0.15, -0.1) is 23.1 Å². The van der Waals surface area contributed by atoms with Crippen molar-refractivity contribution >= 4 is 28.8 Å². The quantitative estimate of drug-likeness (QED) is 0.756. The van der Waals surface area contributed by atoms with Crippen molar-refractivity contribution in [3.63, 3.8) is 0 Å². The van der Waals surface area contributed by atoms with Gasteiger partial charge in [-0.1, -0.05) is 19.1 Å². The molecule has 0 aliphatic rings. The van der Waals surface area contributed by atoms with Gasteiger partial charge in [-0.3, -0.25) is 0 Å². The molecule has 2 nitrogen and oxygen atoms in total. The molecule has 0 amide bonds. The lowest BCUT2D eigenvalue weighted by molar-refractivity contribution is -0.105. The highest BCUT2D eigenvalue weighted by atomic mass is 32.2. The first kappa shape index (κ1) is 16.2. The zero-order valence-corrected chi connectivity index (χ0v) is 13.0. The van der Waals surface area contributed by atoms with E-state index in [9.17, 15) is 13.2 Å². The predicted molar refractivity (Wildman–Crippen MR) is 82.0 cm³/mol. The van der Waals surface area contributed by atoms with Gasteiger partial charge in [0.1, 0.15) is 0 Å². The summed E-state index contributed by atoms with van der Waals surface area (Å²) in [5.41, 5.74) is 0.721. The van der Waals surface area contributed by atoms with Crippen LogP contribution in [0, 0.1) is 0 Å². The molecule has 2 rings (SSSR count). The Morgan fingerprint density at radius 2 is 2.05 bits per heavy atom. The number of rotatable bonds is 6. The Bertz CT molecular complexity index is 582. The molecule has 1 N–H and O–H groups in total. The Labute approximate surface area is 129 Å². The molecule has 114 valence electrons. The molecule has 0 unspecified atom stereocenters. The van der Waals surface area contributed by atoms with E-state index in [-0.39, 0.29) is 0 Å². The first-order valence-corrected chi connectivity index (χ1v) is 8.24. The number of aryl methyl sites for hydroxylation is 1. The van der Waals surface area contributed by atoms with E-state index in [0.29, 0.717) is 11.4 Å². The lowest BCUT2D eigenvalue weighted by Gasteiger charge is -2.12. The van der Waals surface area contributed by atoms with Crippen LogP contribution >= 0.6 is 23.1 Å². The number of anilines is 1. The molecular formula is C14H15F3N2S2. The second kappa shape index (κ2) is 7.17. The average Bonchev–Trinajstić information content (AvgIpc) is 2.91. The van der Waals surface area contributed by atoms with Crippen molar-refractivity contribution in [1.82, 2.24) is 4.98 Å². The number of para-hydroxylation sites is 1. The van der Waals surface area contributed by atoms with E-state index in [1.54, 1.807) is 29.5 Å². The number of hydrogen-bond acceptors (Lipinski definition) is 4. The highest BCUT2D eigenvalue weighted by Gasteiger charge is 2.27. The maximum atomic E-state index is 12.3. The van der Waals surface area contributed by atoms with E-state index < -0.39 is 11.9 Å². The maximum absolute atomic E-state index is 12.3. The summed E-state index contributed by atoms with van der Waals surface area (Å²) in [7, 11) is 0. The third-order valence-corrected chi connectivity index (χ3v) is 4.92. The largest absolute Gasteiger partial charge is 0.398 e. The van der Waals surface area contributed by atoms with E-state index in [0.717, 1.165) is 33.8 Å². The fraction of sp³-hybridized carbons (Fsp3) is 0.357. The summed E-state index contributed by atoms with van der Waals surface area (Å²) < 4.78 is 37.0. The molecule has 0 spiro atoms. The zero-order chi connectivity index (χ0) is 15.3. The summed E-state index contributed by atoms with van der Waals surface area (Å²) in [6, 6.07) is 7.04. The van der Waals surface area contributed by atoms with Crippen LogP contribution in [-0.4, -0.2) is 16.9 Å². The third-order valence-electron chi connectivity index (χ3n) is 2.64. The first-order valence-electron chi connectivity index (χ1n) is 6.44. The molecule has 2 aromatic rings. The van der Waals surface area contributed by atoms with E-state index in [1.165, 1.54) is 0 Å². The predicted octanol–water partition coefficient (Wildman–Crippen LogP) is 4.97. The first-order chi connectivity index (χ1) is 9.98. The number of hydrogen-bond donors (Lipinski definition) is 1. The molecule has 1 heterocycles. The highest BCUT2D eigenvalue weighted by molar-refractivity contribution is 7.99. The van der Waals surface area contributed by atoms with Crippen LogP contribution in [0.15, 0.2) is 35.4 Å². The van der Waals surface area contributed by atoms with Crippen molar-refractivity contribution in [2.24, 2.45) is 0 Å². The molecule has 0 bridgehead atoms. The van der Waals surface area contributed by atoms with Crippen LogP contribution in [0.25, 0.3) is 0 Å². The summed E-state index contributed by atoms with van der Waals surface area (Å²) in [4.78, 5) is 5.94. The van der Waals surface area contributed by atoms with E-state index in [4.69, 9.17) is 0 Å². The molecule has 0 fully saturated rings. The summed E-state index contributed by atoms with van der Waals surface area (Å²) in [6.45, 7) is 2.61. The van der Waals surface area contributed by atoms with Crippen molar-refractivity contribution in [2.75, 3.05) is 11.1 Å². The lowest BCUT2D eigenvalue weighted by atomic mass is 10.3. The minimum absolute atomic E-state index is 0.571. The molecule has 1 aromatic heterocycles. The van der Waals surface area contributed by atoms with E-state index in [2.05, 4.69) is 10.3 Å². The maximum Gasteiger partial charge on any atom is 0.398 e. The van der Waals surface area contributed by atoms with Crippen LogP contribution in [0.4, 0.5) is 18.9 Å². The van der Waals surface area contributed by atoms with Gasteiger partial charge in [0, 0.05) is 21.7 Å². The fourth-order valence-corrected chi connectivity index (χ4v) is 3.27. The van der Waals surface area contributed by atoms with Gasteiger partial charge in [-0.05, 0) is 18.6 Å². The molecule has 0 saturated carbocycles. The van der Waals surface area contributed by atoms with Gasteiger partial charge in [0.2, 0.25) is 0 Å². The number of benzene rings is 1. The Kier molecular flexibility index (Phi) is 5.52. The monoisotopic (exact) mass is 332 g/mol. The SMILES string of the molecule is CCc1ncc(CNc2ccccc2SCC(F)(F)F)s1. The number of thiazole rings is 1. The van der Waals surface area contributed by atoms with Crippen LogP contribution < -0.4 is 5.32 Å². The summed E-state index contributed by atoms with van der Waals surface area (Å²) in [5.74, 6) is -0.883. The average molecular weight is 332 g/mol. The van der Waals surface area contributed by atoms with Gasteiger partial charge >= 0.3 is 6.18 Å². The fourth-order valence-electron chi connectivity index (χ4n) is 1.67. The Morgan fingerprint density at radius 3 is 2.71 bits per heavy atom. The number of halogens is 3. The normalized spacial score (nSPS) is 11.6. The summed E-state index contributed by atoms with van der Waals surface area (Å²) in [6.07, 6.45) is -1.46. The highest BCUT2D eigenvalue weighted by Crippen LogP contribution is 2.32. The Hall–Kier alpha value is -1.21. The Balaban J connectivity index is 1.99. The van der Waals surface area contributed by atoms with Crippen molar-refractivity contribution in [2.45, 2.75) is 31.0 Å². The second-order valence-electron chi connectivity index (χ2n) is 4.33. The van der Waals surface area contributed by atoms with Gasteiger partial charge in [-0.2, -0.15) is 13.2 Å². The van der Waals surface area contributed by atoms with E-state index >= 15 is 0 Å². The minimum atomic E-state index is -4.16. The number of alkyl halides is 3. The molecular weight excluding hydrogens is 317 g/mol. The second-order valence-corrected chi connectivity index (χ2v) is 6.54. The smallest absolute Gasteiger partial charge is 0.379 e. The topological polar surface area (TPSA) is 24.9 Å². The van der Waals surface area contributed by atoms with Crippen molar-refractivity contribution in [3.8, 4) is 0 Å². The van der Waals surface area contributed by atoms with Crippen LogP contribution in [0.3, 0.4) is 0 Å². The van der Waals surface area contributed by atoms with E-state index in [1.807, 2.05) is 19.2 Å². The van der Waals surface area contributed by atoms with Crippen molar-refractivity contribution in [1.29, 1.82) is 0 Å². The molecule has 0 saturated heterocycles. The van der Waals surface area contributed by atoms with Crippen LogP contribution in [0.5, 0.6) is 0 Å². The number of aromatic nitrogens is 1. The van der Waals surface area contributed by atoms with Gasteiger partial charge < -0.3 is 5.32 Å². The molecule has 7 heteroatoms. The third kappa shape index (κ3) is 5.24.